The van der Waals surface area contributed by atoms with Gasteiger partial charge in [0, 0.05) is 20.6 Å². The van der Waals surface area contributed by atoms with E-state index in [1.165, 1.54) is 0 Å². The van der Waals surface area contributed by atoms with Gasteiger partial charge in [-0.1, -0.05) is 44.2 Å². The van der Waals surface area contributed by atoms with Crippen LogP contribution >= 0.6 is 0 Å². The third-order valence-corrected chi connectivity index (χ3v) is 6.73. The van der Waals surface area contributed by atoms with Gasteiger partial charge in [-0.25, -0.2) is 4.98 Å². The number of imidazole rings is 1. The molecule has 3 aromatic rings. The highest BCUT2D eigenvalue weighted by molar-refractivity contribution is 5.95. The zero-order valence-corrected chi connectivity index (χ0v) is 20.6. The number of hydrogen-bond acceptors (Lipinski definition) is 4. The first-order valence-electron chi connectivity index (χ1n) is 12.1. The Kier molecular flexibility index (Phi) is 7.32. The molecule has 0 spiro atoms. The van der Waals surface area contributed by atoms with Gasteiger partial charge in [0.15, 0.2) is 0 Å². The first kappa shape index (κ1) is 24.0. The lowest BCUT2D eigenvalue weighted by molar-refractivity contribution is -0.129. The molecule has 1 aromatic heterocycles. The van der Waals surface area contributed by atoms with E-state index in [2.05, 4.69) is 32.0 Å². The Hall–Kier alpha value is -3.19. The average molecular weight is 463 g/mol. The Morgan fingerprint density at radius 3 is 2.44 bits per heavy atom. The summed E-state index contributed by atoms with van der Waals surface area (Å²) in [5.74, 6) is 0.756. The van der Waals surface area contributed by atoms with E-state index in [-0.39, 0.29) is 31.1 Å². The van der Waals surface area contributed by atoms with Crippen molar-refractivity contribution in [3.63, 3.8) is 0 Å². The Balaban J connectivity index is 1.77. The minimum absolute atomic E-state index is 0.0397. The number of methoxy groups -OCH3 is 1. The van der Waals surface area contributed by atoms with Crippen molar-refractivity contribution in [2.24, 2.45) is 0 Å². The molecule has 7 heteroatoms. The number of anilines is 1. The van der Waals surface area contributed by atoms with Crippen molar-refractivity contribution in [2.45, 2.75) is 59.0 Å². The van der Waals surface area contributed by atoms with Gasteiger partial charge in [0.25, 0.3) is 0 Å². The van der Waals surface area contributed by atoms with Crippen molar-refractivity contribution in [3.8, 4) is 0 Å². The van der Waals surface area contributed by atoms with Crippen LogP contribution in [0.3, 0.4) is 0 Å². The molecule has 7 nitrogen and oxygen atoms in total. The number of aryl methyl sites for hydroxylation is 2. The molecule has 2 amide bonds. The van der Waals surface area contributed by atoms with Crippen LogP contribution in [0.25, 0.3) is 11.0 Å². The summed E-state index contributed by atoms with van der Waals surface area (Å²) >= 11 is 0. The van der Waals surface area contributed by atoms with E-state index in [1.54, 1.807) is 18.9 Å². The SMILES string of the molecule is CCc1cccc(CC)c1N(COC)C(=O)Cn1c(C2CCCN2C(C)=O)nc2ccccc21. The molecule has 0 radical (unpaired) electrons. The fourth-order valence-electron chi connectivity index (χ4n) is 5.10. The fraction of sp³-hybridized carbons (Fsp3) is 0.444. The Morgan fingerprint density at radius 2 is 1.79 bits per heavy atom. The highest BCUT2D eigenvalue weighted by atomic mass is 16.5. The van der Waals surface area contributed by atoms with Crippen LogP contribution in [0, 0.1) is 0 Å². The van der Waals surface area contributed by atoms with Crippen molar-refractivity contribution in [1.29, 1.82) is 0 Å². The van der Waals surface area contributed by atoms with Gasteiger partial charge in [-0.2, -0.15) is 0 Å². The first-order valence-corrected chi connectivity index (χ1v) is 12.1. The Morgan fingerprint density at radius 1 is 1.09 bits per heavy atom. The number of ether oxygens (including phenoxy) is 1. The van der Waals surface area contributed by atoms with E-state index in [1.807, 2.05) is 33.7 Å². The first-order chi connectivity index (χ1) is 16.5. The average Bonchev–Trinajstić information content (AvgIpc) is 3.47. The van der Waals surface area contributed by atoms with Crippen LogP contribution in [0.5, 0.6) is 0 Å². The number of carbonyl (C=O) groups excluding carboxylic acids is 2. The van der Waals surface area contributed by atoms with Crippen molar-refractivity contribution < 1.29 is 14.3 Å². The summed E-state index contributed by atoms with van der Waals surface area (Å²) in [6, 6.07) is 13.9. The predicted octanol–water partition coefficient (Wildman–Crippen LogP) is 4.48. The standard InChI is InChI=1S/C27H34N4O3/c1-5-20-11-9-12-21(6-2)26(20)31(18-34-4)25(33)17-30-23-14-8-7-13-22(23)28-27(30)24-15-10-16-29(24)19(3)32/h7-9,11-14,24H,5-6,10,15-18H2,1-4H3. The number of likely N-dealkylation sites (tertiary alicyclic amines) is 1. The number of nitrogens with zero attached hydrogens (tertiary/aromatic N) is 4. The third-order valence-electron chi connectivity index (χ3n) is 6.73. The van der Waals surface area contributed by atoms with E-state index in [0.29, 0.717) is 0 Å². The zero-order chi connectivity index (χ0) is 24.2. The molecule has 180 valence electrons. The minimum atomic E-state index is -0.122. The molecule has 2 heterocycles. The summed E-state index contributed by atoms with van der Waals surface area (Å²) in [7, 11) is 1.61. The molecule has 0 saturated carbocycles. The molecule has 2 aromatic carbocycles. The second-order valence-electron chi connectivity index (χ2n) is 8.79. The molecule has 0 aliphatic carbocycles. The molecular formula is C27H34N4O3. The number of fused-ring (bicyclic) bond motifs is 1. The molecule has 1 aliphatic heterocycles. The molecule has 0 bridgehead atoms. The summed E-state index contributed by atoms with van der Waals surface area (Å²) in [5, 5.41) is 0. The largest absolute Gasteiger partial charge is 0.364 e. The Labute approximate surface area is 201 Å². The third kappa shape index (κ3) is 4.44. The smallest absolute Gasteiger partial charge is 0.248 e. The van der Waals surface area contributed by atoms with Crippen LogP contribution in [0.1, 0.15) is 56.6 Å². The van der Waals surface area contributed by atoms with E-state index in [9.17, 15) is 9.59 Å². The van der Waals surface area contributed by atoms with E-state index >= 15 is 0 Å². The van der Waals surface area contributed by atoms with E-state index in [0.717, 1.165) is 65.9 Å². The lowest BCUT2D eigenvalue weighted by Crippen LogP contribution is -2.38. The van der Waals surface area contributed by atoms with Gasteiger partial charge in [0.1, 0.15) is 19.1 Å². The predicted molar refractivity (Wildman–Crippen MR) is 134 cm³/mol. The number of para-hydroxylation sites is 3. The summed E-state index contributed by atoms with van der Waals surface area (Å²) in [6.07, 6.45) is 3.43. The number of amides is 2. The molecule has 1 fully saturated rings. The fourth-order valence-corrected chi connectivity index (χ4v) is 5.10. The summed E-state index contributed by atoms with van der Waals surface area (Å²) in [4.78, 5) is 34.7. The van der Waals surface area contributed by atoms with Crippen LogP contribution in [-0.4, -0.2) is 46.7 Å². The van der Waals surface area contributed by atoms with Crippen molar-refractivity contribution >= 4 is 28.5 Å². The Bertz CT molecular complexity index is 1160. The molecule has 34 heavy (non-hydrogen) atoms. The van der Waals surface area contributed by atoms with Gasteiger partial charge >= 0.3 is 0 Å². The maximum Gasteiger partial charge on any atom is 0.248 e. The second-order valence-corrected chi connectivity index (χ2v) is 8.79. The van der Waals surface area contributed by atoms with Gasteiger partial charge in [-0.15, -0.1) is 0 Å². The van der Waals surface area contributed by atoms with E-state index in [4.69, 9.17) is 9.72 Å². The van der Waals surface area contributed by atoms with Gasteiger partial charge in [-0.3, -0.25) is 14.5 Å². The molecule has 1 aliphatic rings. The van der Waals surface area contributed by atoms with Gasteiger partial charge in [-0.05, 0) is 48.9 Å². The summed E-state index contributed by atoms with van der Waals surface area (Å²) in [6.45, 7) is 6.83. The number of carbonyl (C=O) groups is 2. The summed E-state index contributed by atoms with van der Waals surface area (Å²) in [5.41, 5.74) is 4.93. The molecule has 4 rings (SSSR count). The van der Waals surface area contributed by atoms with Crippen LogP contribution in [0.2, 0.25) is 0 Å². The molecular weight excluding hydrogens is 428 g/mol. The van der Waals surface area contributed by atoms with Crippen molar-refractivity contribution in [2.75, 3.05) is 25.3 Å². The zero-order valence-electron chi connectivity index (χ0n) is 20.6. The van der Waals surface area contributed by atoms with Gasteiger partial charge in [0.2, 0.25) is 11.8 Å². The summed E-state index contributed by atoms with van der Waals surface area (Å²) < 4.78 is 7.48. The molecule has 1 unspecified atom stereocenters. The number of benzene rings is 2. The molecule has 0 N–H and O–H groups in total. The van der Waals surface area contributed by atoms with Crippen LogP contribution < -0.4 is 4.90 Å². The van der Waals surface area contributed by atoms with Crippen LogP contribution in [0.15, 0.2) is 42.5 Å². The maximum atomic E-state index is 13.9. The highest BCUT2D eigenvalue weighted by Crippen LogP contribution is 2.34. The lowest BCUT2D eigenvalue weighted by Gasteiger charge is -2.28. The molecule has 1 atom stereocenters. The highest BCUT2D eigenvalue weighted by Gasteiger charge is 2.33. The topological polar surface area (TPSA) is 67.7 Å². The van der Waals surface area contributed by atoms with Crippen LogP contribution in [-0.2, 0) is 33.7 Å². The number of hydrogen-bond donors (Lipinski definition) is 0. The maximum absolute atomic E-state index is 13.9. The van der Waals surface area contributed by atoms with Gasteiger partial charge in [0.05, 0.1) is 22.8 Å². The quantitative estimate of drug-likeness (QED) is 0.463. The van der Waals surface area contributed by atoms with Gasteiger partial charge < -0.3 is 14.2 Å². The lowest BCUT2D eigenvalue weighted by atomic mass is 10.0. The number of rotatable bonds is 8. The number of aromatic nitrogens is 2. The van der Waals surface area contributed by atoms with Crippen molar-refractivity contribution in [3.05, 3.63) is 59.4 Å². The van der Waals surface area contributed by atoms with Crippen LogP contribution in [0.4, 0.5) is 5.69 Å². The monoisotopic (exact) mass is 462 g/mol. The van der Waals surface area contributed by atoms with E-state index < -0.39 is 0 Å². The normalized spacial score (nSPS) is 15.8. The minimum Gasteiger partial charge on any atom is -0.364 e. The second kappa shape index (κ2) is 10.4. The molecule has 1 saturated heterocycles. The van der Waals surface area contributed by atoms with Crippen molar-refractivity contribution in [1.82, 2.24) is 14.5 Å².